The summed E-state index contributed by atoms with van der Waals surface area (Å²) < 4.78 is 4.97. The third-order valence-electron chi connectivity index (χ3n) is 4.42. The van der Waals surface area contributed by atoms with E-state index in [0.29, 0.717) is 25.0 Å². The van der Waals surface area contributed by atoms with Crippen LogP contribution in [0, 0.1) is 0 Å². The zero-order valence-electron chi connectivity index (χ0n) is 15.4. The minimum atomic E-state index is -0.321. The van der Waals surface area contributed by atoms with E-state index in [2.05, 4.69) is 12.1 Å². The maximum Gasteiger partial charge on any atom is 0.338 e. The molecule has 3 heteroatoms. The fraction of sp³-hybridized carbons (Fsp3) is 0.167. The highest BCUT2D eigenvalue weighted by atomic mass is 16.5. The first-order chi connectivity index (χ1) is 13.2. The minimum Gasteiger partial charge on any atom is -0.462 e. The molecule has 0 atom stereocenters. The maximum atomic E-state index is 12.5. The van der Waals surface area contributed by atoms with Crippen molar-refractivity contribution in [1.82, 2.24) is 0 Å². The molecule has 0 radical (unpaired) electrons. The van der Waals surface area contributed by atoms with E-state index in [1.165, 1.54) is 0 Å². The molecule has 3 rings (SSSR count). The summed E-state index contributed by atoms with van der Waals surface area (Å²) in [5.41, 5.74) is 4.51. The van der Waals surface area contributed by atoms with E-state index in [9.17, 15) is 9.59 Å². The van der Waals surface area contributed by atoms with Crippen LogP contribution in [0.25, 0.3) is 11.1 Å². The van der Waals surface area contributed by atoms with Crippen LogP contribution in [0.3, 0.4) is 0 Å². The molecule has 0 amide bonds. The first-order valence-corrected chi connectivity index (χ1v) is 9.12. The molecule has 0 saturated carbocycles. The second-order valence-electron chi connectivity index (χ2n) is 6.28. The lowest BCUT2D eigenvalue weighted by molar-refractivity contribution is 0.0526. The maximum absolute atomic E-state index is 12.5. The number of carbonyl (C=O) groups excluding carboxylic acids is 2. The quantitative estimate of drug-likeness (QED) is 0.423. The van der Waals surface area contributed by atoms with Gasteiger partial charge in [-0.1, -0.05) is 66.7 Å². The average molecular weight is 358 g/mol. The van der Waals surface area contributed by atoms with Crippen molar-refractivity contribution in [3.05, 3.63) is 95.6 Å². The SMILES string of the molecule is CCOC(=O)c1ccc(CCC(=O)c2ccc(-c3ccccc3)cc2)cc1. The molecule has 0 spiro atoms. The van der Waals surface area contributed by atoms with Crippen LogP contribution in [0.1, 0.15) is 39.6 Å². The minimum absolute atomic E-state index is 0.115. The Morgan fingerprint density at radius 1 is 0.741 bits per heavy atom. The van der Waals surface area contributed by atoms with Crippen molar-refractivity contribution >= 4 is 11.8 Å². The Balaban J connectivity index is 1.58. The van der Waals surface area contributed by atoms with Gasteiger partial charge in [0.1, 0.15) is 0 Å². The monoisotopic (exact) mass is 358 g/mol. The summed E-state index contributed by atoms with van der Waals surface area (Å²) >= 11 is 0. The molecule has 3 nitrogen and oxygen atoms in total. The van der Waals surface area contributed by atoms with E-state index >= 15 is 0 Å². The number of benzene rings is 3. The van der Waals surface area contributed by atoms with Crippen molar-refractivity contribution in [1.29, 1.82) is 0 Å². The van der Waals surface area contributed by atoms with Crippen LogP contribution < -0.4 is 0 Å². The van der Waals surface area contributed by atoms with Crippen molar-refractivity contribution in [2.45, 2.75) is 19.8 Å². The number of hydrogen-bond donors (Lipinski definition) is 0. The highest BCUT2D eigenvalue weighted by molar-refractivity contribution is 5.96. The van der Waals surface area contributed by atoms with Gasteiger partial charge < -0.3 is 4.74 Å². The summed E-state index contributed by atoms with van der Waals surface area (Å²) in [6, 6.07) is 25.1. The fourth-order valence-corrected chi connectivity index (χ4v) is 2.90. The van der Waals surface area contributed by atoms with Crippen molar-refractivity contribution in [3.63, 3.8) is 0 Å². The predicted molar refractivity (Wildman–Crippen MR) is 107 cm³/mol. The van der Waals surface area contributed by atoms with Crippen LogP contribution in [-0.4, -0.2) is 18.4 Å². The zero-order chi connectivity index (χ0) is 19.1. The van der Waals surface area contributed by atoms with Crippen LogP contribution in [0.4, 0.5) is 0 Å². The van der Waals surface area contributed by atoms with Gasteiger partial charge >= 0.3 is 5.97 Å². The third kappa shape index (κ3) is 4.91. The van der Waals surface area contributed by atoms with Crippen molar-refractivity contribution in [3.8, 4) is 11.1 Å². The summed E-state index contributed by atoms with van der Waals surface area (Å²) in [4.78, 5) is 24.1. The van der Waals surface area contributed by atoms with Crippen molar-refractivity contribution in [2.24, 2.45) is 0 Å². The molecule has 0 heterocycles. The third-order valence-corrected chi connectivity index (χ3v) is 4.42. The van der Waals surface area contributed by atoms with Gasteiger partial charge in [-0.3, -0.25) is 4.79 Å². The lowest BCUT2D eigenvalue weighted by Gasteiger charge is -2.06. The fourth-order valence-electron chi connectivity index (χ4n) is 2.90. The number of aryl methyl sites for hydroxylation is 1. The van der Waals surface area contributed by atoms with Gasteiger partial charge in [0.15, 0.2) is 5.78 Å². The van der Waals surface area contributed by atoms with E-state index < -0.39 is 0 Å². The van der Waals surface area contributed by atoms with Gasteiger partial charge in [0.25, 0.3) is 0 Å². The van der Waals surface area contributed by atoms with Crippen LogP contribution in [0.15, 0.2) is 78.9 Å². The number of carbonyl (C=O) groups is 2. The van der Waals surface area contributed by atoms with E-state index in [-0.39, 0.29) is 11.8 Å². The van der Waals surface area contributed by atoms with Crippen LogP contribution in [-0.2, 0) is 11.2 Å². The number of ether oxygens (including phenoxy) is 1. The molecule has 0 saturated heterocycles. The Morgan fingerprint density at radius 2 is 1.33 bits per heavy atom. The highest BCUT2D eigenvalue weighted by Gasteiger charge is 2.09. The molecular formula is C24H22O3. The first-order valence-electron chi connectivity index (χ1n) is 9.12. The normalized spacial score (nSPS) is 10.4. The van der Waals surface area contributed by atoms with Gasteiger partial charge in [-0.15, -0.1) is 0 Å². The number of hydrogen-bond acceptors (Lipinski definition) is 3. The van der Waals surface area contributed by atoms with Gasteiger partial charge in [0.2, 0.25) is 0 Å². The van der Waals surface area contributed by atoms with Crippen molar-refractivity contribution < 1.29 is 14.3 Å². The number of esters is 1. The predicted octanol–water partition coefficient (Wildman–Crippen LogP) is 5.35. The second-order valence-corrected chi connectivity index (χ2v) is 6.28. The Morgan fingerprint density at radius 3 is 1.96 bits per heavy atom. The Labute approximate surface area is 159 Å². The lowest BCUT2D eigenvalue weighted by Crippen LogP contribution is -2.05. The number of ketones is 1. The van der Waals surface area contributed by atoms with E-state index in [1.807, 2.05) is 54.6 Å². The summed E-state index contributed by atoms with van der Waals surface area (Å²) in [6.45, 7) is 2.14. The molecule has 3 aromatic carbocycles. The average Bonchev–Trinajstić information content (AvgIpc) is 2.73. The first kappa shape index (κ1) is 18.6. The van der Waals surface area contributed by atoms with Gasteiger partial charge in [0.05, 0.1) is 12.2 Å². The topological polar surface area (TPSA) is 43.4 Å². The molecule has 136 valence electrons. The molecule has 0 bridgehead atoms. The van der Waals surface area contributed by atoms with Crippen LogP contribution >= 0.6 is 0 Å². The number of Topliss-reactive ketones (excluding diaryl/α,β-unsaturated/α-hetero) is 1. The molecule has 0 N–H and O–H groups in total. The second kappa shape index (κ2) is 8.95. The number of rotatable bonds is 7. The molecule has 27 heavy (non-hydrogen) atoms. The molecule has 0 fully saturated rings. The summed E-state index contributed by atoms with van der Waals surface area (Å²) in [5.74, 6) is -0.206. The lowest BCUT2D eigenvalue weighted by atomic mass is 9.99. The highest BCUT2D eigenvalue weighted by Crippen LogP contribution is 2.20. The molecule has 0 aliphatic heterocycles. The Bertz CT molecular complexity index is 895. The Hall–Kier alpha value is -3.20. The molecule has 0 unspecified atom stereocenters. The summed E-state index contributed by atoms with van der Waals surface area (Å²) in [7, 11) is 0. The van der Waals surface area contributed by atoms with E-state index in [1.54, 1.807) is 19.1 Å². The van der Waals surface area contributed by atoms with E-state index in [4.69, 9.17) is 4.74 Å². The van der Waals surface area contributed by atoms with E-state index in [0.717, 1.165) is 22.3 Å². The zero-order valence-corrected chi connectivity index (χ0v) is 15.4. The van der Waals surface area contributed by atoms with Crippen LogP contribution in [0.5, 0.6) is 0 Å². The summed E-state index contributed by atoms with van der Waals surface area (Å²) in [6.07, 6.45) is 1.08. The van der Waals surface area contributed by atoms with Crippen molar-refractivity contribution in [2.75, 3.05) is 6.61 Å². The molecular weight excluding hydrogens is 336 g/mol. The largest absolute Gasteiger partial charge is 0.462 e. The molecule has 0 aliphatic carbocycles. The molecule has 0 aromatic heterocycles. The Kier molecular flexibility index (Phi) is 6.16. The van der Waals surface area contributed by atoms with Gasteiger partial charge in [-0.25, -0.2) is 4.79 Å². The summed E-state index contributed by atoms with van der Waals surface area (Å²) in [5, 5.41) is 0. The van der Waals surface area contributed by atoms with Gasteiger partial charge in [-0.05, 0) is 42.2 Å². The standard InChI is InChI=1S/C24H22O3/c1-2-27-24(26)22-11-8-18(9-12-22)10-17-23(25)21-15-13-20(14-16-21)19-6-4-3-5-7-19/h3-9,11-16H,2,10,17H2,1H3. The smallest absolute Gasteiger partial charge is 0.338 e. The molecule has 0 aliphatic rings. The van der Waals surface area contributed by atoms with Crippen LogP contribution in [0.2, 0.25) is 0 Å². The van der Waals surface area contributed by atoms with Gasteiger partial charge in [0, 0.05) is 12.0 Å². The molecule has 3 aromatic rings. The van der Waals surface area contributed by atoms with Gasteiger partial charge in [-0.2, -0.15) is 0 Å².